The van der Waals surface area contributed by atoms with Crippen LogP contribution >= 0.6 is 0 Å². The number of hydrogen-bond donors (Lipinski definition) is 1. The molecule has 0 aliphatic rings. The molecule has 1 rings (SSSR count). The molecular weight excluding hydrogens is 219 g/mol. The van der Waals surface area contributed by atoms with Crippen molar-refractivity contribution in [1.29, 1.82) is 0 Å². The van der Waals surface area contributed by atoms with Gasteiger partial charge in [-0.1, -0.05) is 6.92 Å². The fraction of sp³-hybridized carbons (Fsp3) is 0.615. The molecule has 0 amide bonds. The molecule has 0 saturated carbocycles. The maximum absolute atomic E-state index is 12.6. The smallest absolute Gasteiger partial charge is 0.213 e. The van der Waals surface area contributed by atoms with Gasteiger partial charge in [0.2, 0.25) is 5.88 Å². The summed E-state index contributed by atoms with van der Waals surface area (Å²) < 4.78 is 18.1. The third-order valence-electron chi connectivity index (χ3n) is 2.80. The van der Waals surface area contributed by atoms with Crippen LogP contribution < -0.4 is 10.1 Å². The summed E-state index contributed by atoms with van der Waals surface area (Å²) in [5.41, 5.74) is 0. The van der Waals surface area contributed by atoms with E-state index in [1.165, 1.54) is 12.3 Å². The van der Waals surface area contributed by atoms with Gasteiger partial charge in [0.1, 0.15) is 5.82 Å². The molecule has 1 aromatic rings. The highest BCUT2D eigenvalue weighted by Gasteiger charge is 2.06. The SMILES string of the molecule is CN[C@H](C)CC[C@H](C)COc1ccc(F)cn1. The van der Waals surface area contributed by atoms with Gasteiger partial charge in [0, 0.05) is 12.1 Å². The van der Waals surface area contributed by atoms with E-state index in [-0.39, 0.29) is 5.82 Å². The molecule has 17 heavy (non-hydrogen) atoms. The minimum Gasteiger partial charge on any atom is -0.477 e. The molecule has 0 spiro atoms. The van der Waals surface area contributed by atoms with Crippen LogP contribution in [-0.2, 0) is 0 Å². The number of aromatic nitrogens is 1. The van der Waals surface area contributed by atoms with Crippen LogP contribution in [0.25, 0.3) is 0 Å². The minimum absolute atomic E-state index is 0.340. The number of rotatable bonds is 7. The highest BCUT2D eigenvalue weighted by atomic mass is 19.1. The topological polar surface area (TPSA) is 34.1 Å². The molecule has 4 heteroatoms. The lowest BCUT2D eigenvalue weighted by molar-refractivity contribution is 0.238. The first-order chi connectivity index (χ1) is 8.11. The largest absolute Gasteiger partial charge is 0.477 e. The Morgan fingerprint density at radius 1 is 1.35 bits per heavy atom. The van der Waals surface area contributed by atoms with Gasteiger partial charge in [-0.05, 0) is 38.8 Å². The number of ether oxygens (including phenoxy) is 1. The van der Waals surface area contributed by atoms with Crippen molar-refractivity contribution in [1.82, 2.24) is 10.3 Å². The van der Waals surface area contributed by atoms with Gasteiger partial charge in [0.25, 0.3) is 0 Å². The standard InChI is InChI=1S/C13H21FN2O/c1-10(4-5-11(2)15-3)9-17-13-7-6-12(14)8-16-13/h6-8,10-11,15H,4-5,9H2,1-3H3/t10-,11+/m0/s1. The van der Waals surface area contributed by atoms with Crippen molar-refractivity contribution >= 4 is 0 Å². The van der Waals surface area contributed by atoms with Gasteiger partial charge in [-0.3, -0.25) is 0 Å². The molecule has 0 aliphatic heterocycles. The van der Waals surface area contributed by atoms with Crippen LogP contribution in [0, 0.1) is 11.7 Å². The highest BCUT2D eigenvalue weighted by Crippen LogP contribution is 2.12. The summed E-state index contributed by atoms with van der Waals surface area (Å²) >= 11 is 0. The van der Waals surface area contributed by atoms with Gasteiger partial charge in [0.05, 0.1) is 12.8 Å². The Hall–Kier alpha value is -1.16. The average Bonchev–Trinajstić information content (AvgIpc) is 2.35. The molecule has 3 nitrogen and oxygen atoms in total. The monoisotopic (exact) mass is 240 g/mol. The Labute approximate surface area is 102 Å². The second-order valence-corrected chi connectivity index (χ2v) is 4.50. The van der Waals surface area contributed by atoms with Crippen LogP contribution in [0.4, 0.5) is 4.39 Å². The Morgan fingerprint density at radius 3 is 2.71 bits per heavy atom. The van der Waals surface area contributed by atoms with E-state index < -0.39 is 0 Å². The van der Waals surface area contributed by atoms with Crippen molar-refractivity contribution in [2.45, 2.75) is 32.7 Å². The first-order valence-electron chi connectivity index (χ1n) is 6.03. The number of pyridine rings is 1. The maximum Gasteiger partial charge on any atom is 0.213 e. The van der Waals surface area contributed by atoms with Gasteiger partial charge < -0.3 is 10.1 Å². The van der Waals surface area contributed by atoms with Crippen molar-refractivity contribution in [2.24, 2.45) is 5.92 Å². The van der Waals surface area contributed by atoms with Gasteiger partial charge in [-0.15, -0.1) is 0 Å². The second kappa shape index (κ2) is 7.22. The molecule has 0 saturated heterocycles. The third kappa shape index (κ3) is 5.63. The summed E-state index contributed by atoms with van der Waals surface area (Å²) in [6.07, 6.45) is 3.39. The Morgan fingerprint density at radius 2 is 2.12 bits per heavy atom. The number of hydrogen-bond acceptors (Lipinski definition) is 3. The van der Waals surface area contributed by atoms with E-state index in [1.807, 2.05) is 7.05 Å². The number of nitrogens with zero attached hydrogens (tertiary/aromatic N) is 1. The Bertz CT molecular complexity index is 316. The van der Waals surface area contributed by atoms with Gasteiger partial charge >= 0.3 is 0 Å². The molecule has 0 aliphatic carbocycles. The Balaban J connectivity index is 2.23. The summed E-state index contributed by atoms with van der Waals surface area (Å²) in [6.45, 7) is 4.93. The summed E-state index contributed by atoms with van der Waals surface area (Å²) in [5.74, 6) is 0.616. The molecule has 0 bridgehead atoms. The quantitative estimate of drug-likeness (QED) is 0.795. The molecule has 96 valence electrons. The van der Waals surface area contributed by atoms with E-state index in [9.17, 15) is 4.39 Å². The van der Waals surface area contributed by atoms with Crippen molar-refractivity contribution < 1.29 is 9.13 Å². The fourth-order valence-corrected chi connectivity index (χ4v) is 1.44. The van der Waals surface area contributed by atoms with Crippen LogP contribution in [0.3, 0.4) is 0 Å². The molecule has 1 heterocycles. The van der Waals surface area contributed by atoms with Crippen LogP contribution in [0.2, 0.25) is 0 Å². The fourth-order valence-electron chi connectivity index (χ4n) is 1.44. The van der Waals surface area contributed by atoms with E-state index in [0.717, 1.165) is 12.8 Å². The predicted molar refractivity (Wildman–Crippen MR) is 66.6 cm³/mol. The molecular formula is C13H21FN2O. The number of halogens is 1. The normalized spacial score (nSPS) is 14.4. The minimum atomic E-state index is -0.340. The van der Waals surface area contributed by atoms with Crippen LogP contribution in [0.15, 0.2) is 18.3 Å². The average molecular weight is 240 g/mol. The lowest BCUT2D eigenvalue weighted by atomic mass is 10.0. The van der Waals surface area contributed by atoms with Gasteiger partial charge in [-0.2, -0.15) is 0 Å². The molecule has 2 atom stereocenters. The van der Waals surface area contributed by atoms with E-state index in [0.29, 0.717) is 24.4 Å². The molecule has 1 aromatic heterocycles. The first-order valence-corrected chi connectivity index (χ1v) is 6.03. The van der Waals surface area contributed by atoms with E-state index in [1.54, 1.807) is 6.07 Å². The van der Waals surface area contributed by atoms with E-state index in [2.05, 4.69) is 24.1 Å². The summed E-state index contributed by atoms with van der Waals surface area (Å²) in [7, 11) is 1.97. The summed E-state index contributed by atoms with van der Waals surface area (Å²) in [6, 6.07) is 3.44. The van der Waals surface area contributed by atoms with Crippen molar-refractivity contribution in [3.8, 4) is 5.88 Å². The predicted octanol–water partition coefficient (Wildman–Crippen LogP) is 2.62. The van der Waals surface area contributed by atoms with E-state index >= 15 is 0 Å². The second-order valence-electron chi connectivity index (χ2n) is 4.50. The third-order valence-corrected chi connectivity index (χ3v) is 2.80. The van der Waals surface area contributed by atoms with Crippen LogP contribution in [0.5, 0.6) is 5.88 Å². The van der Waals surface area contributed by atoms with Crippen molar-refractivity contribution in [3.05, 3.63) is 24.1 Å². The lowest BCUT2D eigenvalue weighted by Gasteiger charge is -2.15. The van der Waals surface area contributed by atoms with Crippen LogP contribution in [-0.4, -0.2) is 24.7 Å². The first kappa shape index (κ1) is 13.9. The zero-order chi connectivity index (χ0) is 12.7. The van der Waals surface area contributed by atoms with E-state index in [4.69, 9.17) is 4.74 Å². The van der Waals surface area contributed by atoms with Gasteiger partial charge in [-0.25, -0.2) is 9.37 Å². The maximum atomic E-state index is 12.6. The molecule has 0 unspecified atom stereocenters. The molecule has 0 radical (unpaired) electrons. The highest BCUT2D eigenvalue weighted by molar-refractivity contribution is 5.10. The van der Waals surface area contributed by atoms with Gasteiger partial charge in [0.15, 0.2) is 0 Å². The summed E-state index contributed by atoms with van der Waals surface area (Å²) in [5, 5.41) is 3.21. The zero-order valence-corrected chi connectivity index (χ0v) is 10.7. The van der Waals surface area contributed by atoms with Crippen LogP contribution in [0.1, 0.15) is 26.7 Å². The lowest BCUT2D eigenvalue weighted by Crippen LogP contribution is -2.22. The number of nitrogens with one attached hydrogen (secondary N) is 1. The summed E-state index contributed by atoms with van der Waals surface area (Å²) in [4.78, 5) is 3.85. The zero-order valence-electron chi connectivity index (χ0n) is 10.7. The molecule has 0 aromatic carbocycles. The molecule has 0 fully saturated rings. The van der Waals surface area contributed by atoms with Crippen molar-refractivity contribution in [2.75, 3.05) is 13.7 Å². The Kier molecular flexibility index (Phi) is 5.91. The van der Waals surface area contributed by atoms with Crippen molar-refractivity contribution in [3.63, 3.8) is 0 Å². The molecule has 1 N–H and O–H groups in total.